The molecular formula is C12H14O4. The minimum absolute atomic E-state index is 0.00861. The largest absolute Gasteiger partial charge is 0.507 e. The molecule has 0 saturated heterocycles. The number of aliphatic hydroxyl groups excluding tert-OH is 1. The Hall–Kier alpha value is -1.55. The van der Waals surface area contributed by atoms with Crippen molar-refractivity contribution in [3.8, 4) is 5.75 Å². The molecule has 1 aliphatic heterocycles. The summed E-state index contributed by atoms with van der Waals surface area (Å²) in [4.78, 5) is 11.4. The van der Waals surface area contributed by atoms with Crippen LogP contribution in [0.25, 0.3) is 0 Å². The lowest BCUT2D eigenvalue weighted by atomic mass is 9.96. The number of hydrogen-bond acceptors (Lipinski definition) is 4. The van der Waals surface area contributed by atoms with E-state index < -0.39 is 5.97 Å². The smallest absolute Gasteiger partial charge is 0.339 e. The van der Waals surface area contributed by atoms with Crippen molar-refractivity contribution >= 4 is 5.97 Å². The van der Waals surface area contributed by atoms with Gasteiger partial charge in [-0.15, -0.1) is 0 Å². The zero-order valence-electron chi connectivity index (χ0n) is 9.12. The number of cyclic esters (lactones) is 1. The summed E-state index contributed by atoms with van der Waals surface area (Å²) < 4.78 is 4.86. The van der Waals surface area contributed by atoms with Gasteiger partial charge in [0.15, 0.2) is 0 Å². The Morgan fingerprint density at radius 3 is 2.88 bits per heavy atom. The van der Waals surface area contributed by atoms with E-state index in [2.05, 4.69) is 0 Å². The first kappa shape index (κ1) is 11.0. The van der Waals surface area contributed by atoms with E-state index >= 15 is 0 Å². The maximum Gasteiger partial charge on any atom is 0.339 e. The summed E-state index contributed by atoms with van der Waals surface area (Å²) in [6.07, 6.45) is 1.62. The number of aromatic hydroxyl groups is 1. The van der Waals surface area contributed by atoms with Gasteiger partial charge in [0.1, 0.15) is 12.4 Å². The normalized spacial score (nSPS) is 13.8. The molecule has 2 rings (SSSR count). The van der Waals surface area contributed by atoms with Crippen molar-refractivity contribution in [2.75, 3.05) is 0 Å². The maximum absolute atomic E-state index is 11.4. The van der Waals surface area contributed by atoms with Gasteiger partial charge in [0.2, 0.25) is 0 Å². The fourth-order valence-electron chi connectivity index (χ4n) is 2.02. The third kappa shape index (κ3) is 1.55. The molecule has 0 atom stereocenters. The van der Waals surface area contributed by atoms with Gasteiger partial charge < -0.3 is 14.9 Å². The molecule has 1 aromatic rings. The van der Waals surface area contributed by atoms with Crippen LogP contribution in [0, 0.1) is 0 Å². The summed E-state index contributed by atoms with van der Waals surface area (Å²) in [6.45, 7) is 1.88. The van der Waals surface area contributed by atoms with Gasteiger partial charge in [-0.1, -0.05) is 13.3 Å². The monoisotopic (exact) mass is 222 g/mol. The van der Waals surface area contributed by atoms with Gasteiger partial charge >= 0.3 is 5.97 Å². The Kier molecular flexibility index (Phi) is 2.83. The lowest BCUT2D eigenvalue weighted by molar-refractivity contribution is 0.0534. The fraction of sp³-hybridized carbons (Fsp3) is 0.417. The Bertz CT molecular complexity index is 437. The lowest BCUT2D eigenvalue weighted by Crippen LogP contribution is -2.01. The van der Waals surface area contributed by atoms with Gasteiger partial charge in [0.05, 0.1) is 12.2 Å². The molecular weight excluding hydrogens is 208 g/mol. The van der Waals surface area contributed by atoms with Crippen LogP contribution in [0.3, 0.4) is 0 Å². The van der Waals surface area contributed by atoms with E-state index in [1.54, 1.807) is 6.07 Å². The Morgan fingerprint density at radius 2 is 2.25 bits per heavy atom. The number of hydrogen-bond donors (Lipinski definition) is 2. The minimum atomic E-state index is -0.396. The van der Waals surface area contributed by atoms with Crippen molar-refractivity contribution < 1.29 is 19.7 Å². The average Bonchev–Trinajstić information content (AvgIpc) is 2.62. The number of fused-ring (bicyclic) bond motifs is 1. The zero-order chi connectivity index (χ0) is 11.7. The van der Waals surface area contributed by atoms with Crippen LogP contribution in [0.4, 0.5) is 0 Å². The van der Waals surface area contributed by atoms with Gasteiger partial charge in [-0.2, -0.15) is 0 Å². The molecule has 4 nitrogen and oxygen atoms in total. The number of ether oxygens (including phenoxy) is 1. The number of carbonyl (C=O) groups excluding carboxylic acids is 1. The number of carbonyl (C=O) groups is 1. The van der Waals surface area contributed by atoms with Crippen LogP contribution in [0.15, 0.2) is 6.07 Å². The van der Waals surface area contributed by atoms with E-state index in [9.17, 15) is 15.0 Å². The molecule has 0 spiro atoms. The van der Waals surface area contributed by atoms with Gasteiger partial charge in [-0.25, -0.2) is 4.79 Å². The van der Waals surface area contributed by atoms with Crippen molar-refractivity contribution in [3.05, 3.63) is 28.3 Å². The predicted octanol–water partition coefficient (Wildman–Crippen LogP) is 1.51. The van der Waals surface area contributed by atoms with Gasteiger partial charge in [-0.3, -0.25) is 0 Å². The molecule has 1 aliphatic rings. The van der Waals surface area contributed by atoms with Crippen LogP contribution in [0.5, 0.6) is 5.75 Å². The summed E-state index contributed by atoms with van der Waals surface area (Å²) in [6, 6.07) is 1.72. The maximum atomic E-state index is 11.4. The SMILES string of the molecule is CCCc1cc2c(c(O)c1CO)COC2=O. The van der Waals surface area contributed by atoms with Crippen molar-refractivity contribution in [1.29, 1.82) is 0 Å². The molecule has 1 aromatic carbocycles. The van der Waals surface area contributed by atoms with Crippen LogP contribution in [0.1, 0.15) is 40.4 Å². The number of benzene rings is 1. The fourth-order valence-corrected chi connectivity index (χ4v) is 2.02. The van der Waals surface area contributed by atoms with E-state index in [-0.39, 0.29) is 19.0 Å². The van der Waals surface area contributed by atoms with Crippen LogP contribution in [-0.2, 0) is 24.4 Å². The highest BCUT2D eigenvalue weighted by atomic mass is 16.5. The standard InChI is InChI=1S/C12H14O4/c1-2-3-7-4-8-10(6-16-12(8)15)11(14)9(7)5-13/h4,13-14H,2-3,5-6H2,1H3. The highest BCUT2D eigenvalue weighted by Crippen LogP contribution is 2.34. The highest BCUT2D eigenvalue weighted by molar-refractivity contribution is 5.94. The summed E-state index contributed by atoms with van der Waals surface area (Å²) >= 11 is 0. The van der Waals surface area contributed by atoms with Crippen LogP contribution in [-0.4, -0.2) is 16.2 Å². The summed E-state index contributed by atoms with van der Waals surface area (Å²) in [5, 5.41) is 19.2. The van der Waals surface area contributed by atoms with Gasteiger partial charge in [-0.05, 0) is 18.1 Å². The Balaban J connectivity index is 2.59. The quantitative estimate of drug-likeness (QED) is 0.761. The van der Waals surface area contributed by atoms with Crippen molar-refractivity contribution in [2.24, 2.45) is 0 Å². The number of aryl methyl sites for hydroxylation is 1. The first-order valence-electron chi connectivity index (χ1n) is 5.33. The topological polar surface area (TPSA) is 66.8 Å². The second-order valence-electron chi connectivity index (χ2n) is 3.87. The number of rotatable bonds is 3. The molecule has 0 radical (unpaired) electrons. The van der Waals surface area contributed by atoms with Crippen LogP contribution < -0.4 is 0 Å². The Labute approximate surface area is 93.5 Å². The van der Waals surface area contributed by atoms with E-state index in [1.165, 1.54) is 0 Å². The number of phenols is 1. The average molecular weight is 222 g/mol. The van der Waals surface area contributed by atoms with Crippen LogP contribution >= 0.6 is 0 Å². The number of esters is 1. The molecule has 4 heteroatoms. The van der Waals surface area contributed by atoms with Gasteiger partial charge in [0, 0.05) is 11.1 Å². The minimum Gasteiger partial charge on any atom is -0.507 e. The summed E-state index contributed by atoms with van der Waals surface area (Å²) in [5.74, 6) is -0.388. The summed E-state index contributed by atoms with van der Waals surface area (Å²) in [5.41, 5.74) is 2.26. The lowest BCUT2D eigenvalue weighted by Gasteiger charge is -2.11. The summed E-state index contributed by atoms with van der Waals surface area (Å²) in [7, 11) is 0. The molecule has 0 amide bonds. The van der Waals surface area contributed by atoms with Crippen molar-refractivity contribution in [1.82, 2.24) is 0 Å². The van der Waals surface area contributed by atoms with Crippen molar-refractivity contribution in [2.45, 2.75) is 33.0 Å². The van der Waals surface area contributed by atoms with E-state index in [0.29, 0.717) is 16.7 Å². The third-order valence-corrected chi connectivity index (χ3v) is 2.85. The third-order valence-electron chi connectivity index (χ3n) is 2.85. The molecule has 0 unspecified atom stereocenters. The molecule has 0 fully saturated rings. The molecule has 2 N–H and O–H groups in total. The van der Waals surface area contributed by atoms with Crippen LogP contribution in [0.2, 0.25) is 0 Å². The highest BCUT2D eigenvalue weighted by Gasteiger charge is 2.27. The van der Waals surface area contributed by atoms with Gasteiger partial charge in [0.25, 0.3) is 0 Å². The second kappa shape index (κ2) is 4.14. The molecule has 1 heterocycles. The van der Waals surface area contributed by atoms with Crippen molar-refractivity contribution in [3.63, 3.8) is 0 Å². The first-order valence-corrected chi connectivity index (χ1v) is 5.33. The van der Waals surface area contributed by atoms with E-state index in [4.69, 9.17) is 4.74 Å². The second-order valence-corrected chi connectivity index (χ2v) is 3.87. The van der Waals surface area contributed by atoms with E-state index in [1.807, 2.05) is 6.92 Å². The molecule has 0 aromatic heterocycles. The van der Waals surface area contributed by atoms with E-state index in [0.717, 1.165) is 18.4 Å². The molecule has 16 heavy (non-hydrogen) atoms. The molecule has 0 aliphatic carbocycles. The first-order chi connectivity index (χ1) is 7.69. The number of aliphatic hydroxyl groups is 1. The molecule has 0 saturated carbocycles. The Morgan fingerprint density at radius 1 is 1.50 bits per heavy atom. The predicted molar refractivity (Wildman–Crippen MR) is 57.1 cm³/mol. The molecule has 86 valence electrons. The molecule has 0 bridgehead atoms. The zero-order valence-corrected chi connectivity index (χ0v) is 9.12.